The molecule has 1 aromatic carbocycles. The zero-order chi connectivity index (χ0) is 12.3. The van der Waals surface area contributed by atoms with Gasteiger partial charge in [-0.3, -0.25) is 9.78 Å². The molecule has 2 nitrogen and oxygen atoms in total. The smallest absolute Gasteiger partial charge is 0.168 e. The summed E-state index contributed by atoms with van der Waals surface area (Å²) >= 11 is 11.9. The topological polar surface area (TPSA) is 30.0 Å². The van der Waals surface area contributed by atoms with Gasteiger partial charge in [-0.1, -0.05) is 35.3 Å². The second-order valence-electron chi connectivity index (χ2n) is 3.55. The van der Waals surface area contributed by atoms with E-state index in [1.807, 2.05) is 0 Å². The summed E-state index contributed by atoms with van der Waals surface area (Å²) in [6.45, 7) is 0. The molecule has 0 amide bonds. The van der Waals surface area contributed by atoms with Crippen LogP contribution in [-0.4, -0.2) is 10.8 Å². The highest BCUT2D eigenvalue weighted by atomic mass is 35.5. The van der Waals surface area contributed by atoms with Gasteiger partial charge in [0.15, 0.2) is 5.78 Å². The number of hydrogen-bond acceptors (Lipinski definition) is 2. The van der Waals surface area contributed by atoms with E-state index < -0.39 is 0 Å². The van der Waals surface area contributed by atoms with E-state index in [9.17, 15) is 4.79 Å². The molecule has 0 spiro atoms. The summed E-state index contributed by atoms with van der Waals surface area (Å²) in [5, 5.41) is 0.998. The predicted molar refractivity (Wildman–Crippen MR) is 68.7 cm³/mol. The fourth-order valence-electron chi connectivity index (χ4n) is 1.50. The Bertz CT molecular complexity index is 555. The van der Waals surface area contributed by atoms with E-state index in [4.69, 9.17) is 23.2 Å². The molecule has 0 aliphatic rings. The molecular formula is C13H9Cl2NO. The van der Waals surface area contributed by atoms with Gasteiger partial charge in [0.1, 0.15) is 0 Å². The van der Waals surface area contributed by atoms with Crippen LogP contribution in [0.2, 0.25) is 10.0 Å². The molecule has 0 aliphatic heterocycles. The predicted octanol–water partition coefficient (Wildman–Crippen LogP) is 3.81. The molecule has 0 N–H and O–H groups in total. The van der Waals surface area contributed by atoms with Crippen molar-refractivity contribution in [3.05, 3.63) is 63.9 Å². The van der Waals surface area contributed by atoms with Crippen molar-refractivity contribution < 1.29 is 4.79 Å². The normalized spacial score (nSPS) is 10.2. The zero-order valence-electron chi connectivity index (χ0n) is 8.86. The van der Waals surface area contributed by atoms with Gasteiger partial charge in [0.05, 0.1) is 5.02 Å². The largest absolute Gasteiger partial charge is 0.294 e. The highest BCUT2D eigenvalue weighted by molar-refractivity contribution is 6.34. The lowest BCUT2D eigenvalue weighted by molar-refractivity contribution is 0.0993. The number of benzene rings is 1. The van der Waals surface area contributed by atoms with Gasteiger partial charge in [-0.25, -0.2) is 0 Å². The highest BCUT2D eigenvalue weighted by Crippen LogP contribution is 2.20. The minimum atomic E-state index is -0.0644. The fraction of sp³-hybridized carbons (Fsp3) is 0.0769. The molecule has 0 unspecified atom stereocenters. The van der Waals surface area contributed by atoms with Crippen LogP contribution in [0.15, 0.2) is 42.7 Å². The standard InChI is InChI=1S/C13H9Cl2NO/c14-11-5-6-16-8-9(11)7-13(17)10-3-1-2-4-12(10)15/h1-6,8H,7H2. The lowest BCUT2D eigenvalue weighted by Crippen LogP contribution is -2.05. The number of nitrogens with zero attached hydrogens (tertiary/aromatic N) is 1. The summed E-state index contributed by atoms with van der Waals surface area (Å²) in [6.07, 6.45) is 3.39. The molecule has 17 heavy (non-hydrogen) atoms. The van der Waals surface area contributed by atoms with Crippen LogP contribution in [0.4, 0.5) is 0 Å². The van der Waals surface area contributed by atoms with Gasteiger partial charge >= 0.3 is 0 Å². The number of halogens is 2. The fourth-order valence-corrected chi connectivity index (χ4v) is 1.91. The van der Waals surface area contributed by atoms with Crippen molar-refractivity contribution in [3.8, 4) is 0 Å². The highest BCUT2D eigenvalue weighted by Gasteiger charge is 2.12. The number of ketones is 1. The van der Waals surface area contributed by atoms with Gasteiger partial charge in [0.25, 0.3) is 0 Å². The third-order valence-electron chi connectivity index (χ3n) is 2.37. The molecule has 1 heterocycles. The minimum absolute atomic E-state index is 0.0644. The Morgan fingerprint density at radius 3 is 2.59 bits per heavy atom. The molecule has 86 valence electrons. The molecule has 0 fully saturated rings. The molecule has 0 saturated carbocycles. The Hall–Kier alpha value is -1.38. The molecule has 0 bridgehead atoms. The van der Waals surface area contributed by atoms with E-state index in [0.29, 0.717) is 21.2 Å². The first-order chi connectivity index (χ1) is 8.18. The molecule has 4 heteroatoms. The van der Waals surface area contributed by atoms with Gasteiger partial charge in [-0.15, -0.1) is 0 Å². The first-order valence-electron chi connectivity index (χ1n) is 5.04. The van der Waals surface area contributed by atoms with E-state index in [2.05, 4.69) is 4.98 Å². The van der Waals surface area contributed by atoms with Crippen LogP contribution in [0.25, 0.3) is 0 Å². The van der Waals surface area contributed by atoms with E-state index >= 15 is 0 Å². The monoisotopic (exact) mass is 265 g/mol. The van der Waals surface area contributed by atoms with Crippen molar-refractivity contribution in [3.63, 3.8) is 0 Å². The number of aromatic nitrogens is 1. The average Bonchev–Trinajstić information content (AvgIpc) is 2.32. The van der Waals surface area contributed by atoms with E-state index in [-0.39, 0.29) is 12.2 Å². The number of Topliss-reactive ketones (excluding diaryl/α,β-unsaturated/α-hetero) is 1. The van der Waals surface area contributed by atoms with Crippen molar-refractivity contribution in [1.29, 1.82) is 0 Å². The summed E-state index contributed by atoms with van der Waals surface area (Å²) in [4.78, 5) is 16.0. The van der Waals surface area contributed by atoms with Gasteiger partial charge in [-0.2, -0.15) is 0 Å². The number of carbonyl (C=O) groups excluding carboxylic acids is 1. The first-order valence-corrected chi connectivity index (χ1v) is 5.80. The summed E-state index contributed by atoms with van der Waals surface area (Å²) in [5.74, 6) is -0.0644. The molecule has 0 radical (unpaired) electrons. The molecule has 0 saturated heterocycles. The molecule has 2 aromatic rings. The van der Waals surface area contributed by atoms with Crippen molar-refractivity contribution in [2.45, 2.75) is 6.42 Å². The SMILES string of the molecule is O=C(Cc1cnccc1Cl)c1ccccc1Cl. The number of pyridine rings is 1. The molecule has 2 rings (SSSR count). The zero-order valence-corrected chi connectivity index (χ0v) is 10.4. The summed E-state index contributed by atoms with van der Waals surface area (Å²) < 4.78 is 0. The van der Waals surface area contributed by atoms with Crippen molar-refractivity contribution >= 4 is 29.0 Å². The number of hydrogen-bond donors (Lipinski definition) is 0. The second-order valence-corrected chi connectivity index (χ2v) is 4.36. The maximum atomic E-state index is 12.0. The van der Waals surface area contributed by atoms with Gasteiger partial charge < -0.3 is 0 Å². The van der Waals surface area contributed by atoms with Crippen LogP contribution < -0.4 is 0 Å². The quantitative estimate of drug-likeness (QED) is 0.790. The molecule has 0 atom stereocenters. The summed E-state index contributed by atoms with van der Waals surface area (Å²) in [5.41, 5.74) is 1.22. The Morgan fingerprint density at radius 1 is 1.12 bits per heavy atom. The van der Waals surface area contributed by atoms with Crippen molar-refractivity contribution in [1.82, 2.24) is 4.98 Å². The minimum Gasteiger partial charge on any atom is -0.294 e. The van der Waals surface area contributed by atoms with E-state index in [1.165, 1.54) is 0 Å². The van der Waals surface area contributed by atoms with Crippen LogP contribution in [0.1, 0.15) is 15.9 Å². The maximum absolute atomic E-state index is 12.0. The van der Waals surface area contributed by atoms with E-state index in [1.54, 1.807) is 42.7 Å². The molecule has 0 aliphatic carbocycles. The third kappa shape index (κ3) is 2.84. The summed E-state index contributed by atoms with van der Waals surface area (Å²) in [6, 6.07) is 8.63. The van der Waals surface area contributed by atoms with Crippen LogP contribution in [-0.2, 0) is 6.42 Å². The Labute approximate surface area is 109 Å². The lowest BCUT2D eigenvalue weighted by atomic mass is 10.0. The summed E-state index contributed by atoms with van der Waals surface area (Å²) in [7, 11) is 0. The van der Waals surface area contributed by atoms with Crippen LogP contribution >= 0.6 is 23.2 Å². The Kier molecular flexibility index (Phi) is 3.77. The van der Waals surface area contributed by atoms with Crippen LogP contribution in [0.5, 0.6) is 0 Å². The van der Waals surface area contributed by atoms with Crippen LogP contribution in [0.3, 0.4) is 0 Å². The number of carbonyl (C=O) groups is 1. The maximum Gasteiger partial charge on any atom is 0.168 e. The van der Waals surface area contributed by atoms with Crippen LogP contribution in [0, 0.1) is 0 Å². The molecular weight excluding hydrogens is 257 g/mol. The third-order valence-corrected chi connectivity index (χ3v) is 3.07. The van der Waals surface area contributed by atoms with Crippen molar-refractivity contribution in [2.24, 2.45) is 0 Å². The average molecular weight is 266 g/mol. The van der Waals surface area contributed by atoms with Crippen molar-refractivity contribution in [2.75, 3.05) is 0 Å². The van der Waals surface area contributed by atoms with E-state index in [0.717, 1.165) is 0 Å². The molecule has 1 aromatic heterocycles. The Balaban J connectivity index is 2.24. The van der Waals surface area contributed by atoms with Gasteiger partial charge in [0, 0.05) is 29.4 Å². The lowest BCUT2D eigenvalue weighted by Gasteiger charge is -2.04. The Morgan fingerprint density at radius 2 is 1.88 bits per heavy atom. The van der Waals surface area contributed by atoms with Gasteiger partial charge in [-0.05, 0) is 23.8 Å². The number of rotatable bonds is 3. The second kappa shape index (κ2) is 5.30. The van der Waals surface area contributed by atoms with Gasteiger partial charge in [0.2, 0.25) is 0 Å². The first kappa shape index (κ1) is 12.1.